The lowest BCUT2D eigenvalue weighted by molar-refractivity contribution is -0.127. The van der Waals surface area contributed by atoms with Gasteiger partial charge in [0.25, 0.3) is 0 Å². The summed E-state index contributed by atoms with van der Waals surface area (Å²) in [5, 5.41) is 5.05. The second-order valence-corrected chi connectivity index (χ2v) is 9.27. The van der Waals surface area contributed by atoms with Crippen LogP contribution in [-0.4, -0.2) is 38.9 Å². The molecule has 146 valence electrons. The summed E-state index contributed by atoms with van der Waals surface area (Å²) in [7, 11) is -3.84. The summed E-state index contributed by atoms with van der Waals surface area (Å²) < 4.78 is 27.2. The Labute approximate surface area is 156 Å². The monoisotopic (exact) mass is 383 g/mol. The van der Waals surface area contributed by atoms with E-state index < -0.39 is 22.0 Å². The lowest BCUT2D eigenvalue weighted by atomic mass is 9.87. The largest absolute Gasteiger partial charge is 0.352 e. The van der Waals surface area contributed by atoms with Crippen molar-refractivity contribution in [2.24, 2.45) is 0 Å². The maximum Gasteiger partial charge on any atom is 0.241 e. The van der Waals surface area contributed by atoms with Crippen molar-refractivity contribution >= 4 is 21.8 Å². The standard InChI is InChI=1S/C18H29N3O4S/c1-12(2)20-16(22)11-19-17(23)13(3)21-26(24,25)15-9-7-14(8-10-15)18(4,5)6/h7-10,12-13,21H,11H2,1-6H3,(H,19,23)(H,20,22)/t13-/m0/s1. The molecule has 1 aromatic rings. The number of hydrogen-bond donors (Lipinski definition) is 3. The van der Waals surface area contributed by atoms with Crippen molar-refractivity contribution in [3.63, 3.8) is 0 Å². The molecule has 3 N–H and O–H groups in total. The number of amides is 2. The van der Waals surface area contributed by atoms with E-state index in [-0.39, 0.29) is 28.8 Å². The van der Waals surface area contributed by atoms with E-state index in [4.69, 9.17) is 0 Å². The van der Waals surface area contributed by atoms with Gasteiger partial charge in [0.15, 0.2) is 0 Å². The van der Waals surface area contributed by atoms with Gasteiger partial charge in [-0.1, -0.05) is 32.9 Å². The molecule has 0 unspecified atom stereocenters. The second-order valence-electron chi connectivity index (χ2n) is 7.56. The zero-order chi connectivity index (χ0) is 20.1. The quantitative estimate of drug-likeness (QED) is 0.660. The van der Waals surface area contributed by atoms with Crippen LogP contribution in [0.3, 0.4) is 0 Å². The number of benzene rings is 1. The molecule has 2 amide bonds. The molecule has 0 fully saturated rings. The minimum Gasteiger partial charge on any atom is -0.352 e. The van der Waals surface area contributed by atoms with Crippen LogP contribution in [-0.2, 0) is 25.0 Å². The molecular weight excluding hydrogens is 354 g/mol. The number of carbonyl (C=O) groups excluding carboxylic acids is 2. The fourth-order valence-electron chi connectivity index (χ4n) is 2.18. The van der Waals surface area contributed by atoms with Gasteiger partial charge in [0, 0.05) is 6.04 Å². The van der Waals surface area contributed by atoms with Crippen molar-refractivity contribution in [2.45, 2.75) is 63.9 Å². The minimum absolute atomic E-state index is 0.0357. The topological polar surface area (TPSA) is 104 Å². The molecule has 1 atom stereocenters. The van der Waals surface area contributed by atoms with E-state index in [9.17, 15) is 18.0 Å². The molecule has 0 aliphatic rings. The van der Waals surface area contributed by atoms with Crippen LogP contribution in [0.2, 0.25) is 0 Å². The van der Waals surface area contributed by atoms with Gasteiger partial charge < -0.3 is 10.6 Å². The average Bonchev–Trinajstić information content (AvgIpc) is 2.50. The molecule has 26 heavy (non-hydrogen) atoms. The Balaban J connectivity index is 2.70. The highest BCUT2D eigenvalue weighted by molar-refractivity contribution is 7.89. The predicted octanol–water partition coefficient (Wildman–Crippen LogP) is 1.29. The molecule has 0 aliphatic carbocycles. The van der Waals surface area contributed by atoms with Crippen LogP contribution in [0.25, 0.3) is 0 Å². The van der Waals surface area contributed by atoms with E-state index in [1.807, 2.05) is 20.8 Å². The molecule has 1 rings (SSSR count). The lowest BCUT2D eigenvalue weighted by Crippen LogP contribution is -2.48. The molecule has 0 heterocycles. The Bertz CT molecular complexity index is 735. The molecule has 7 nitrogen and oxygen atoms in total. The Hall–Kier alpha value is -1.93. The molecule has 0 spiro atoms. The molecule has 8 heteroatoms. The van der Waals surface area contributed by atoms with E-state index in [1.165, 1.54) is 19.1 Å². The zero-order valence-electron chi connectivity index (χ0n) is 16.2. The van der Waals surface area contributed by atoms with Crippen molar-refractivity contribution in [3.8, 4) is 0 Å². The van der Waals surface area contributed by atoms with Crippen molar-refractivity contribution in [2.75, 3.05) is 6.54 Å². The summed E-state index contributed by atoms with van der Waals surface area (Å²) in [5.41, 5.74) is 0.929. The number of rotatable bonds is 7. The summed E-state index contributed by atoms with van der Waals surface area (Å²) in [6, 6.07) is 5.51. The van der Waals surface area contributed by atoms with E-state index in [0.29, 0.717) is 0 Å². The van der Waals surface area contributed by atoms with Crippen molar-refractivity contribution < 1.29 is 18.0 Å². The van der Waals surface area contributed by atoms with Gasteiger partial charge in [-0.2, -0.15) is 4.72 Å². The fraction of sp³-hybridized carbons (Fsp3) is 0.556. The summed E-state index contributed by atoms with van der Waals surface area (Å²) in [6.07, 6.45) is 0. The first kappa shape index (κ1) is 22.1. The van der Waals surface area contributed by atoms with Gasteiger partial charge in [0.2, 0.25) is 21.8 Å². The first-order valence-corrected chi connectivity index (χ1v) is 10.0. The lowest BCUT2D eigenvalue weighted by Gasteiger charge is -2.19. The van der Waals surface area contributed by atoms with Gasteiger partial charge in [-0.3, -0.25) is 9.59 Å². The van der Waals surface area contributed by atoms with Crippen LogP contribution in [0.1, 0.15) is 47.1 Å². The second kappa shape index (κ2) is 8.64. The maximum atomic E-state index is 12.4. The van der Waals surface area contributed by atoms with Crippen LogP contribution in [0.4, 0.5) is 0 Å². The third kappa shape index (κ3) is 6.76. The zero-order valence-corrected chi connectivity index (χ0v) is 17.0. The maximum absolute atomic E-state index is 12.4. The SMILES string of the molecule is CC(C)NC(=O)CNC(=O)[C@H](C)NS(=O)(=O)c1ccc(C(C)(C)C)cc1. The van der Waals surface area contributed by atoms with Crippen molar-refractivity contribution in [1.82, 2.24) is 15.4 Å². The van der Waals surface area contributed by atoms with E-state index in [0.717, 1.165) is 5.56 Å². The molecule has 0 aliphatic heterocycles. The van der Waals surface area contributed by atoms with Crippen molar-refractivity contribution in [1.29, 1.82) is 0 Å². The third-order valence-corrected chi connectivity index (χ3v) is 5.19. The summed E-state index contributed by atoms with van der Waals surface area (Å²) >= 11 is 0. The first-order valence-electron chi connectivity index (χ1n) is 8.53. The van der Waals surface area contributed by atoms with Crippen LogP contribution in [0.15, 0.2) is 29.2 Å². The van der Waals surface area contributed by atoms with Crippen molar-refractivity contribution in [3.05, 3.63) is 29.8 Å². The minimum atomic E-state index is -3.84. The molecule has 0 radical (unpaired) electrons. The Kier molecular flexibility index (Phi) is 7.35. The number of hydrogen-bond acceptors (Lipinski definition) is 4. The molecule has 0 aromatic heterocycles. The Morgan fingerprint density at radius 1 is 1.04 bits per heavy atom. The van der Waals surface area contributed by atoms with Gasteiger partial charge in [-0.25, -0.2) is 8.42 Å². The molecule has 0 bridgehead atoms. The number of nitrogens with one attached hydrogen (secondary N) is 3. The smallest absolute Gasteiger partial charge is 0.241 e. The van der Waals surface area contributed by atoms with E-state index in [2.05, 4.69) is 15.4 Å². The molecule has 0 saturated heterocycles. The highest BCUT2D eigenvalue weighted by Crippen LogP contribution is 2.23. The summed E-state index contributed by atoms with van der Waals surface area (Å²) in [4.78, 5) is 23.6. The molecule has 1 aromatic carbocycles. The van der Waals surface area contributed by atoms with Gasteiger partial charge in [-0.05, 0) is 43.9 Å². The average molecular weight is 384 g/mol. The highest BCUT2D eigenvalue weighted by atomic mass is 32.2. The van der Waals surface area contributed by atoms with Gasteiger partial charge in [0.1, 0.15) is 0 Å². The van der Waals surface area contributed by atoms with Gasteiger partial charge in [-0.15, -0.1) is 0 Å². The summed E-state index contributed by atoms with van der Waals surface area (Å²) in [6.45, 7) is 11.0. The highest BCUT2D eigenvalue weighted by Gasteiger charge is 2.23. The van der Waals surface area contributed by atoms with Crippen LogP contribution in [0.5, 0.6) is 0 Å². The third-order valence-electron chi connectivity index (χ3n) is 3.63. The van der Waals surface area contributed by atoms with Gasteiger partial charge >= 0.3 is 0 Å². The summed E-state index contributed by atoms with van der Waals surface area (Å²) in [5.74, 6) is -0.903. The van der Waals surface area contributed by atoms with Crippen LogP contribution >= 0.6 is 0 Å². The molecular formula is C18H29N3O4S. The van der Waals surface area contributed by atoms with E-state index in [1.54, 1.807) is 26.0 Å². The first-order chi connectivity index (χ1) is 11.8. The Morgan fingerprint density at radius 3 is 2.04 bits per heavy atom. The number of sulfonamides is 1. The Morgan fingerprint density at radius 2 is 1.58 bits per heavy atom. The fourth-order valence-corrected chi connectivity index (χ4v) is 3.38. The van der Waals surface area contributed by atoms with Crippen LogP contribution in [0, 0.1) is 0 Å². The van der Waals surface area contributed by atoms with Gasteiger partial charge in [0.05, 0.1) is 17.5 Å². The van der Waals surface area contributed by atoms with E-state index >= 15 is 0 Å². The number of carbonyl (C=O) groups is 2. The predicted molar refractivity (Wildman–Crippen MR) is 101 cm³/mol. The van der Waals surface area contributed by atoms with Crippen LogP contribution < -0.4 is 15.4 Å². The normalized spacial score (nSPS) is 13.3. The molecule has 0 saturated carbocycles.